The van der Waals surface area contributed by atoms with E-state index in [1.165, 1.54) is 90.4 Å². The Kier molecular flexibility index (Phi) is 6.95. The van der Waals surface area contributed by atoms with E-state index in [2.05, 4.69) is 217 Å². The first-order valence-electron chi connectivity index (χ1n) is 20.2. The summed E-state index contributed by atoms with van der Waals surface area (Å²) in [5, 5.41) is 2.80. The van der Waals surface area contributed by atoms with Crippen LogP contribution < -0.4 is 4.90 Å². The molecular formula is C56H39N. The van der Waals surface area contributed by atoms with Crippen molar-refractivity contribution in [2.24, 2.45) is 0 Å². The van der Waals surface area contributed by atoms with Gasteiger partial charge in [0.1, 0.15) is 0 Å². The van der Waals surface area contributed by atoms with Gasteiger partial charge >= 0.3 is 0 Å². The summed E-state index contributed by atoms with van der Waals surface area (Å²) in [4.78, 5) is 2.41. The molecule has 0 aromatic heterocycles. The number of benzene rings is 9. The second-order valence-corrected chi connectivity index (χ2v) is 16.0. The fraction of sp³-hybridized carbons (Fsp3) is 0.0714. The van der Waals surface area contributed by atoms with E-state index < -0.39 is 5.41 Å². The van der Waals surface area contributed by atoms with E-state index in [-0.39, 0.29) is 5.41 Å². The molecule has 0 amide bonds. The highest BCUT2D eigenvalue weighted by atomic mass is 15.1. The Hall–Kier alpha value is -6.96. The molecule has 1 saturated carbocycles. The first-order valence-corrected chi connectivity index (χ1v) is 20.2. The van der Waals surface area contributed by atoms with Gasteiger partial charge in [-0.3, -0.25) is 0 Å². The zero-order valence-corrected chi connectivity index (χ0v) is 31.6. The molecule has 9 aromatic rings. The van der Waals surface area contributed by atoms with Crippen molar-refractivity contribution in [1.82, 2.24) is 0 Å². The number of fused-ring (bicyclic) bond motifs is 7. The van der Waals surface area contributed by atoms with E-state index in [0.29, 0.717) is 0 Å². The van der Waals surface area contributed by atoms with Crippen LogP contribution in [0.1, 0.15) is 46.2 Å². The van der Waals surface area contributed by atoms with Crippen LogP contribution in [0.15, 0.2) is 212 Å². The van der Waals surface area contributed by atoms with Gasteiger partial charge in [0.05, 0.1) is 5.41 Å². The van der Waals surface area contributed by atoms with Gasteiger partial charge in [-0.05, 0) is 133 Å². The topological polar surface area (TPSA) is 3.24 Å². The van der Waals surface area contributed by atoms with E-state index in [1.807, 2.05) is 0 Å². The zero-order chi connectivity index (χ0) is 37.6. The quantitative estimate of drug-likeness (QED) is 0.165. The van der Waals surface area contributed by atoms with Crippen molar-refractivity contribution in [1.29, 1.82) is 0 Å². The lowest BCUT2D eigenvalue weighted by Crippen LogP contribution is -2.28. The molecule has 12 rings (SSSR count). The lowest BCUT2D eigenvalue weighted by molar-refractivity contribution is 0.768. The predicted octanol–water partition coefficient (Wildman–Crippen LogP) is 14.4. The molecule has 268 valence electrons. The summed E-state index contributed by atoms with van der Waals surface area (Å²) in [6.45, 7) is 0. The Labute approximate surface area is 334 Å². The van der Waals surface area contributed by atoms with Gasteiger partial charge in [0, 0.05) is 22.5 Å². The Balaban J connectivity index is 0.992. The predicted molar refractivity (Wildman–Crippen MR) is 237 cm³/mol. The third kappa shape index (κ3) is 4.63. The first-order chi connectivity index (χ1) is 28.2. The SMILES string of the molecule is c1ccc(N(c2ccc(-c3ccc4c(c3)C3(CC3)c3cccc5cccc-4c35)cc2)c2ccc3c(c2)C(c2ccccc2)(c2ccccc2)c2ccccc2-3)cc1. The molecule has 0 unspecified atom stereocenters. The summed E-state index contributed by atoms with van der Waals surface area (Å²) in [5.41, 5.74) is 19.1. The van der Waals surface area contributed by atoms with Gasteiger partial charge in [-0.15, -0.1) is 0 Å². The van der Waals surface area contributed by atoms with E-state index in [1.54, 1.807) is 0 Å². The Morgan fingerprint density at radius 1 is 0.333 bits per heavy atom. The van der Waals surface area contributed by atoms with Crippen molar-refractivity contribution < 1.29 is 0 Å². The maximum atomic E-state index is 2.49. The van der Waals surface area contributed by atoms with E-state index >= 15 is 0 Å². The van der Waals surface area contributed by atoms with Gasteiger partial charge in [0.25, 0.3) is 0 Å². The van der Waals surface area contributed by atoms with Crippen molar-refractivity contribution in [3.05, 3.63) is 246 Å². The Morgan fingerprint density at radius 2 is 0.860 bits per heavy atom. The smallest absolute Gasteiger partial charge is 0.0714 e. The minimum absolute atomic E-state index is 0.130. The van der Waals surface area contributed by atoms with Crippen LogP contribution in [0.25, 0.3) is 44.2 Å². The molecule has 1 heteroatoms. The summed E-state index contributed by atoms with van der Waals surface area (Å²) in [5.74, 6) is 0. The van der Waals surface area contributed by atoms with E-state index in [0.717, 1.165) is 17.1 Å². The summed E-state index contributed by atoms with van der Waals surface area (Å²) < 4.78 is 0. The fourth-order valence-electron chi connectivity index (χ4n) is 10.5. The lowest BCUT2D eigenvalue weighted by Gasteiger charge is -2.35. The van der Waals surface area contributed by atoms with Crippen molar-refractivity contribution in [3.63, 3.8) is 0 Å². The molecule has 9 aromatic carbocycles. The van der Waals surface area contributed by atoms with Gasteiger partial charge in [-0.25, -0.2) is 0 Å². The molecular weight excluding hydrogens is 687 g/mol. The largest absolute Gasteiger partial charge is 0.310 e. The second kappa shape index (κ2) is 12.3. The van der Waals surface area contributed by atoms with Crippen LogP contribution in [0, 0.1) is 0 Å². The molecule has 3 aliphatic rings. The van der Waals surface area contributed by atoms with Crippen LogP contribution in [-0.2, 0) is 10.8 Å². The highest BCUT2D eigenvalue weighted by molar-refractivity contribution is 6.04. The fourth-order valence-corrected chi connectivity index (χ4v) is 10.5. The molecule has 0 heterocycles. The van der Waals surface area contributed by atoms with Gasteiger partial charge in [0.15, 0.2) is 0 Å². The first kappa shape index (κ1) is 32.3. The number of rotatable bonds is 6. The van der Waals surface area contributed by atoms with Crippen molar-refractivity contribution in [2.45, 2.75) is 23.7 Å². The minimum atomic E-state index is -0.464. The number of hydrogen-bond acceptors (Lipinski definition) is 1. The van der Waals surface area contributed by atoms with Crippen molar-refractivity contribution >= 4 is 27.8 Å². The molecule has 0 saturated heterocycles. The second-order valence-electron chi connectivity index (χ2n) is 16.0. The molecule has 1 nitrogen and oxygen atoms in total. The molecule has 1 fully saturated rings. The number of anilines is 3. The van der Waals surface area contributed by atoms with Crippen molar-refractivity contribution in [2.75, 3.05) is 4.90 Å². The summed E-state index contributed by atoms with van der Waals surface area (Å²) in [6.07, 6.45) is 2.42. The number of hydrogen-bond donors (Lipinski definition) is 0. The average Bonchev–Trinajstić information content (AvgIpc) is 4.03. The lowest BCUT2D eigenvalue weighted by atomic mass is 9.67. The molecule has 3 aliphatic carbocycles. The van der Waals surface area contributed by atoms with Gasteiger partial charge in [-0.2, -0.15) is 0 Å². The Morgan fingerprint density at radius 3 is 1.58 bits per heavy atom. The van der Waals surface area contributed by atoms with Crippen LogP contribution in [0.2, 0.25) is 0 Å². The molecule has 0 aliphatic heterocycles. The molecule has 0 radical (unpaired) electrons. The molecule has 57 heavy (non-hydrogen) atoms. The van der Waals surface area contributed by atoms with Gasteiger partial charge < -0.3 is 4.90 Å². The maximum Gasteiger partial charge on any atom is 0.0714 e. The molecule has 1 spiro atoms. The summed E-state index contributed by atoms with van der Waals surface area (Å²) in [7, 11) is 0. The monoisotopic (exact) mass is 725 g/mol. The molecule has 0 atom stereocenters. The van der Waals surface area contributed by atoms with Crippen LogP contribution >= 0.6 is 0 Å². The number of nitrogens with zero attached hydrogens (tertiary/aromatic N) is 1. The van der Waals surface area contributed by atoms with Crippen LogP contribution in [-0.4, -0.2) is 0 Å². The summed E-state index contributed by atoms with van der Waals surface area (Å²) >= 11 is 0. The van der Waals surface area contributed by atoms with Gasteiger partial charge in [0.2, 0.25) is 0 Å². The number of para-hydroxylation sites is 1. The third-order valence-corrected chi connectivity index (χ3v) is 13.2. The normalized spacial score (nSPS) is 14.8. The highest BCUT2D eigenvalue weighted by Crippen LogP contribution is 2.62. The van der Waals surface area contributed by atoms with E-state index in [9.17, 15) is 0 Å². The Bertz CT molecular complexity index is 2950. The van der Waals surface area contributed by atoms with Crippen LogP contribution in [0.3, 0.4) is 0 Å². The standard InChI is InChI=1S/C56H39N/c1-4-16-41(17-5-1)56(42-18-6-2-7-19-42)50-24-11-10-22-46(50)47-33-31-45(37-53(47)56)57(43-20-8-3-9-21-43)44-29-26-38(27-30-44)40-28-32-48-49-23-12-14-39-15-13-25-51(54(39)49)55(34-35-55)52(48)36-40/h1-33,36-37H,34-35H2. The van der Waals surface area contributed by atoms with Crippen molar-refractivity contribution in [3.8, 4) is 33.4 Å². The average molecular weight is 726 g/mol. The summed E-state index contributed by atoms with van der Waals surface area (Å²) in [6, 6.07) is 79.1. The minimum Gasteiger partial charge on any atom is -0.310 e. The van der Waals surface area contributed by atoms with Crippen LogP contribution in [0.4, 0.5) is 17.1 Å². The molecule has 0 bridgehead atoms. The van der Waals surface area contributed by atoms with Gasteiger partial charge in [-0.1, -0.05) is 170 Å². The highest BCUT2D eigenvalue weighted by Gasteiger charge is 2.50. The third-order valence-electron chi connectivity index (χ3n) is 13.2. The maximum absolute atomic E-state index is 2.49. The zero-order valence-electron chi connectivity index (χ0n) is 31.6. The van der Waals surface area contributed by atoms with E-state index in [4.69, 9.17) is 0 Å². The molecule has 0 N–H and O–H groups in total. The van der Waals surface area contributed by atoms with Crippen LogP contribution in [0.5, 0.6) is 0 Å².